The highest BCUT2D eigenvalue weighted by atomic mass is 32.2. The topological polar surface area (TPSA) is 152 Å². The van der Waals surface area contributed by atoms with Crippen molar-refractivity contribution >= 4 is 59.0 Å². The van der Waals surface area contributed by atoms with Crippen LogP contribution in [0, 0.1) is 5.92 Å². The largest absolute Gasteiger partial charge is 0.369 e. The van der Waals surface area contributed by atoms with Gasteiger partial charge < -0.3 is 15.1 Å². The minimum Gasteiger partial charge on any atom is -0.369 e. The highest BCUT2D eigenvalue weighted by Crippen LogP contribution is 2.32. The number of nitrogens with zero attached hydrogens (tertiary/aromatic N) is 5. The van der Waals surface area contributed by atoms with E-state index in [9.17, 15) is 28.8 Å². The molecule has 14 heteroatoms. The molecule has 3 aromatic rings. The summed E-state index contributed by atoms with van der Waals surface area (Å²) in [5, 5.41) is 5.20. The molecule has 0 bridgehead atoms. The average Bonchev–Trinajstić information content (AvgIpc) is 3.54. The molecular formula is C48H59N7O6S. The van der Waals surface area contributed by atoms with Crippen molar-refractivity contribution < 1.29 is 28.8 Å². The normalized spacial score (nSPS) is 18.7. The van der Waals surface area contributed by atoms with Gasteiger partial charge in [-0.3, -0.25) is 48.9 Å². The summed E-state index contributed by atoms with van der Waals surface area (Å²) in [5.41, 5.74) is 3.48. The number of rotatable bonds is 19. The Kier molecular flexibility index (Phi) is 16.0. The smallest absolute Gasteiger partial charge is 0.262 e. The van der Waals surface area contributed by atoms with Gasteiger partial charge in [0, 0.05) is 86.9 Å². The van der Waals surface area contributed by atoms with Gasteiger partial charge in [-0.25, -0.2) is 0 Å². The fourth-order valence-corrected chi connectivity index (χ4v) is 9.77. The number of unbranched alkanes of at least 4 members (excludes halogenated alkanes) is 5. The van der Waals surface area contributed by atoms with E-state index in [4.69, 9.17) is 0 Å². The monoisotopic (exact) mass is 861 g/mol. The minimum absolute atomic E-state index is 0.0844. The standard InChI is InChI=1S/C48H59N7O6S/c56-43(19-11-36-10-8-23-49-34-36)50-24-5-4-9-35-21-26-54(27-22-35)46(59)37-12-14-38(15-13-37)53-30-28-52(29-31-53)25-6-2-1-3-7-32-62-39-16-17-40-41(33-39)48(61)55(47(40)60)42-18-20-44(57)51-45(42)58/h8,10-17,19,23,33-35,42H,1-7,9,18,20-22,24-32H2,(H,50,56)(H,51,57,58)/b19-11+. The molecule has 1 atom stereocenters. The zero-order valence-electron chi connectivity index (χ0n) is 35.6. The molecule has 7 rings (SSSR count). The molecule has 1 unspecified atom stereocenters. The van der Waals surface area contributed by atoms with Crippen molar-refractivity contribution in [2.24, 2.45) is 5.92 Å². The van der Waals surface area contributed by atoms with Gasteiger partial charge in [0.2, 0.25) is 17.7 Å². The SMILES string of the molecule is O=C(/C=C/c1cccnc1)NCCCCC1CCN(C(=O)c2ccc(N3CCN(CCCCCCCSc4ccc5c(c4)C(=O)N(C4CCC(=O)NC4=O)C5=O)CC3)cc2)CC1. The van der Waals surface area contributed by atoms with E-state index in [0.29, 0.717) is 23.6 Å². The molecule has 3 saturated heterocycles. The lowest BCUT2D eigenvalue weighted by Gasteiger charge is -2.36. The van der Waals surface area contributed by atoms with Gasteiger partial charge in [0.1, 0.15) is 6.04 Å². The van der Waals surface area contributed by atoms with Crippen LogP contribution < -0.4 is 15.5 Å². The van der Waals surface area contributed by atoms with E-state index in [2.05, 4.69) is 37.6 Å². The number of hydrogen-bond donors (Lipinski definition) is 2. The van der Waals surface area contributed by atoms with Gasteiger partial charge >= 0.3 is 0 Å². The van der Waals surface area contributed by atoms with Crippen LogP contribution in [-0.2, 0) is 14.4 Å². The van der Waals surface area contributed by atoms with Crippen molar-refractivity contribution in [3.63, 3.8) is 0 Å². The number of pyridine rings is 1. The Hall–Kier alpha value is -5.34. The number of likely N-dealkylation sites (tertiary alicyclic amines) is 1. The number of piperidine rings is 2. The van der Waals surface area contributed by atoms with Crippen molar-refractivity contribution in [1.29, 1.82) is 0 Å². The molecule has 2 N–H and O–H groups in total. The van der Waals surface area contributed by atoms with E-state index in [1.807, 2.05) is 35.2 Å². The molecule has 62 heavy (non-hydrogen) atoms. The zero-order chi connectivity index (χ0) is 43.3. The molecule has 328 valence electrons. The van der Waals surface area contributed by atoms with Crippen LogP contribution in [0.2, 0.25) is 0 Å². The van der Waals surface area contributed by atoms with Crippen LogP contribution in [-0.4, -0.2) is 119 Å². The van der Waals surface area contributed by atoms with Crippen molar-refractivity contribution in [2.45, 2.75) is 88.0 Å². The summed E-state index contributed by atoms with van der Waals surface area (Å²) in [7, 11) is 0. The van der Waals surface area contributed by atoms with Crippen molar-refractivity contribution in [3.05, 3.63) is 95.3 Å². The first-order valence-electron chi connectivity index (χ1n) is 22.4. The summed E-state index contributed by atoms with van der Waals surface area (Å²) in [4.78, 5) is 88.4. The zero-order valence-corrected chi connectivity index (χ0v) is 36.4. The number of anilines is 1. The van der Waals surface area contributed by atoms with Crippen LogP contribution in [0.3, 0.4) is 0 Å². The molecule has 3 fully saturated rings. The molecule has 4 aliphatic heterocycles. The number of benzene rings is 2. The predicted molar refractivity (Wildman–Crippen MR) is 241 cm³/mol. The molecule has 1 aromatic heterocycles. The van der Waals surface area contributed by atoms with Crippen LogP contribution in [0.5, 0.6) is 0 Å². The molecule has 13 nitrogen and oxygen atoms in total. The van der Waals surface area contributed by atoms with E-state index >= 15 is 0 Å². The Balaban J connectivity index is 0.709. The van der Waals surface area contributed by atoms with E-state index in [0.717, 1.165) is 117 Å². The number of carbonyl (C=O) groups excluding carboxylic acids is 6. The molecular weight excluding hydrogens is 803 g/mol. The number of piperazine rings is 1. The Morgan fingerprint density at radius 1 is 0.806 bits per heavy atom. The molecule has 6 amide bonds. The number of hydrogen-bond acceptors (Lipinski definition) is 10. The highest BCUT2D eigenvalue weighted by Gasteiger charge is 2.44. The van der Waals surface area contributed by atoms with Gasteiger partial charge in [0.15, 0.2) is 0 Å². The molecule has 4 aliphatic rings. The van der Waals surface area contributed by atoms with E-state index in [-0.39, 0.29) is 30.6 Å². The maximum atomic E-state index is 13.3. The quantitative estimate of drug-likeness (QED) is 0.0617. The van der Waals surface area contributed by atoms with Gasteiger partial charge in [-0.05, 0) is 117 Å². The van der Waals surface area contributed by atoms with Gasteiger partial charge in [0.05, 0.1) is 11.1 Å². The van der Waals surface area contributed by atoms with Crippen molar-refractivity contribution in [2.75, 3.05) is 63.0 Å². The molecule has 0 radical (unpaired) electrons. The van der Waals surface area contributed by atoms with Crippen LogP contribution in [0.1, 0.15) is 114 Å². The summed E-state index contributed by atoms with van der Waals surface area (Å²) >= 11 is 1.68. The summed E-state index contributed by atoms with van der Waals surface area (Å²) in [6.45, 7) is 7.38. The Bertz CT molecular complexity index is 2080. The average molecular weight is 862 g/mol. The number of aromatic nitrogens is 1. The lowest BCUT2D eigenvalue weighted by Crippen LogP contribution is -2.54. The van der Waals surface area contributed by atoms with E-state index in [1.54, 1.807) is 48.4 Å². The van der Waals surface area contributed by atoms with Crippen LogP contribution in [0.4, 0.5) is 5.69 Å². The summed E-state index contributed by atoms with van der Waals surface area (Å²) in [6.07, 6.45) is 18.0. The number of carbonyl (C=O) groups is 6. The van der Waals surface area contributed by atoms with E-state index < -0.39 is 23.8 Å². The summed E-state index contributed by atoms with van der Waals surface area (Å²) < 4.78 is 0. The maximum absolute atomic E-state index is 13.3. The lowest BCUT2D eigenvalue weighted by atomic mass is 9.91. The second-order valence-corrected chi connectivity index (χ2v) is 18.0. The number of nitrogens with one attached hydrogen (secondary N) is 2. The number of thioether (sulfide) groups is 1. The third-order valence-corrected chi connectivity index (χ3v) is 13.6. The summed E-state index contributed by atoms with van der Waals surface area (Å²) in [5.74, 6) is -0.339. The number of fused-ring (bicyclic) bond motifs is 1. The van der Waals surface area contributed by atoms with Gasteiger partial charge in [-0.15, -0.1) is 11.8 Å². The van der Waals surface area contributed by atoms with Gasteiger partial charge in [-0.2, -0.15) is 0 Å². The lowest BCUT2D eigenvalue weighted by molar-refractivity contribution is -0.136. The van der Waals surface area contributed by atoms with Crippen molar-refractivity contribution in [1.82, 2.24) is 30.3 Å². The second kappa shape index (κ2) is 22.1. The van der Waals surface area contributed by atoms with Crippen LogP contribution >= 0.6 is 11.8 Å². The molecule has 2 aromatic carbocycles. The van der Waals surface area contributed by atoms with Crippen molar-refractivity contribution in [3.8, 4) is 0 Å². The van der Waals surface area contributed by atoms with Gasteiger partial charge in [-0.1, -0.05) is 38.2 Å². The maximum Gasteiger partial charge on any atom is 0.262 e. The fourth-order valence-electron chi connectivity index (χ4n) is 8.82. The third-order valence-electron chi connectivity index (χ3n) is 12.5. The Morgan fingerprint density at radius 2 is 1.56 bits per heavy atom. The Labute approximate surface area is 369 Å². The van der Waals surface area contributed by atoms with E-state index in [1.165, 1.54) is 24.9 Å². The Morgan fingerprint density at radius 3 is 2.32 bits per heavy atom. The first-order chi connectivity index (χ1) is 30.2. The molecule has 0 saturated carbocycles. The number of amides is 6. The third kappa shape index (κ3) is 12.0. The fraction of sp³-hybridized carbons (Fsp3) is 0.479. The summed E-state index contributed by atoms with van der Waals surface area (Å²) in [6, 6.07) is 16.3. The molecule has 0 spiro atoms. The first-order valence-corrected chi connectivity index (χ1v) is 23.4. The predicted octanol–water partition coefficient (Wildman–Crippen LogP) is 6.20. The van der Waals surface area contributed by atoms with Crippen LogP contribution in [0.25, 0.3) is 6.08 Å². The highest BCUT2D eigenvalue weighted by molar-refractivity contribution is 7.99. The number of imide groups is 2. The minimum atomic E-state index is -0.949. The first kappa shape index (κ1) is 44.7. The van der Waals surface area contributed by atoms with Crippen LogP contribution in [0.15, 0.2) is 78.0 Å². The molecule has 0 aliphatic carbocycles. The van der Waals surface area contributed by atoms with Gasteiger partial charge in [0.25, 0.3) is 17.7 Å². The second-order valence-electron chi connectivity index (χ2n) is 16.8. The molecule has 5 heterocycles.